The topological polar surface area (TPSA) is 50.8 Å². The molecule has 2 aromatic rings. The van der Waals surface area contributed by atoms with Crippen molar-refractivity contribution in [2.45, 2.75) is 31.7 Å². The van der Waals surface area contributed by atoms with Crippen LogP contribution in [-0.2, 0) is 17.6 Å². The van der Waals surface area contributed by atoms with E-state index in [-0.39, 0.29) is 11.9 Å². The van der Waals surface area contributed by atoms with Gasteiger partial charge >= 0.3 is 0 Å². The van der Waals surface area contributed by atoms with Crippen molar-refractivity contribution < 1.29 is 14.3 Å². The molecule has 1 atom stereocenters. The molecule has 150 valence electrons. The second-order valence-electron chi connectivity index (χ2n) is 7.31. The van der Waals surface area contributed by atoms with Gasteiger partial charge in [-0.05, 0) is 49.1 Å². The highest BCUT2D eigenvalue weighted by Gasteiger charge is 2.21. The molecule has 1 aliphatic rings. The normalized spacial score (nSPS) is 17.1. The van der Waals surface area contributed by atoms with E-state index >= 15 is 0 Å². The summed E-state index contributed by atoms with van der Waals surface area (Å²) in [4.78, 5) is 15.0. The summed E-state index contributed by atoms with van der Waals surface area (Å²) in [6.07, 6.45) is 3.56. The molecule has 2 aromatic carbocycles. The molecule has 3 rings (SSSR count). The van der Waals surface area contributed by atoms with E-state index in [9.17, 15) is 4.79 Å². The van der Waals surface area contributed by atoms with Gasteiger partial charge in [-0.3, -0.25) is 4.79 Å². The standard InChI is InChI=1S/C23H30N2O3/c1-27-21-11-10-19(15-22(21)28-2)16-23(26)24-20-9-6-13-25(17-20)14-12-18-7-4-3-5-8-18/h3-5,7-8,10-11,15,20H,6,9,12-14,16-17H2,1-2H3,(H,24,26)/t20-/m1/s1. The Morgan fingerprint density at radius 3 is 2.61 bits per heavy atom. The van der Waals surface area contributed by atoms with Crippen LogP contribution in [0.4, 0.5) is 0 Å². The summed E-state index contributed by atoms with van der Waals surface area (Å²) in [5.74, 6) is 1.38. The van der Waals surface area contributed by atoms with Crippen LogP contribution in [0.5, 0.6) is 11.5 Å². The largest absolute Gasteiger partial charge is 0.493 e. The van der Waals surface area contributed by atoms with E-state index in [1.807, 2.05) is 24.3 Å². The van der Waals surface area contributed by atoms with Gasteiger partial charge in [-0.2, -0.15) is 0 Å². The van der Waals surface area contributed by atoms with Crippen LogP contribution < -0.4 is 14.8 Å². The van der Waals surface area contributed by atoms with E-state index in [0.717, 1.165) is 44.5 Å². The van der Waals surface area contributed by atoms with Crippen molar-refractivity contribution in [3.8, 4) is 11.5 Å². The summed E-state index contributed by atoms with van der Waals surface area (Å²) in [5.41, 5.74) is 2.29. The molecule has 5 heteroatoms. The quantitative estimate of drug-likeness (QED) is 0.762. The number of likely N-dealkylation sites (tertiary alicyclic amines) is 1. The molecule has 1 saturated heterocycles. The van der Waals surface area contributed by atoms with E-state index in [4.69, 9.17) is 9.47 Å². The van der Waals surface area contributed by atoms with Gasteiger partial charge in [0.2, 0.25) is 5.91 Å². The first-order valence-corrected chi connectivity index (χ1v) is 9.94. The first-order valence-electron chi connectivity index (χ1n) is 9.94. The molecule has 1 fully saturated rings. The SMILES string of the molecule is COc1ccc(CC(=O)N[C@@H]2CCCN(CCc3ccccc3)C2)cc1OC. The molecule has 0 unspecified atom stereocenters. The molecule has 0 aromatic heterocycles. The number of nitrogens with zero attached hydrogens (tertiary/aromatic N) is 1. The predicted molar refractivity (Wildman–Crippen MR) is 111 cm³/mol. The summed E-state index contributed by atoms with van der Waals surface area (Å²) in [6.45, 7) is 3.06. The Morgan fingerprint density at radius 2 is 1.86 bits per heavy atom. The molecule has 0 saturated carbocycles. The van der Waals surface area contributed by atoms with Crippen LogP contribution in [0.2, 0.25) is 0 Å². The minimum Gasteiger partial charge on any atom is -0.493 e. The Hall–Kier alpha value is -2.53. The molecular weight excluding hydrogens is 352 g/mol. The van der Waals surface area contributed by atoms with Gasteiger partial charge < -0.3 is 19.7 Å². The fraction of sp³-hybridized carbons (Fsp3) is 0.435. The Labute approximate surface area is 167 Å². The van der Waals surface area contributed by atoms with E-state index < -0.39 is 0 Å². The monoisotopic (exact) mass is 382 g/mol. The third-order valence-corrected chi connectivity index (χ3v) is 5.24. The minimum atomic E-state index is 0.0575. The van der Waals surface area contributed by atoms with Crippen LogP contribution in [-0.4, -0.2) is 50.7 Å². The number of hydrogen-bond acceptors (Lipinski definition) is 4. The molecular formula is C23H30N2O3. The van der Waals surface area contributed by atoms with Crippen molar-refractivity contribution in [2.75, 3.05) is 33.9 Å². The third kappa shape index (κ3) is 5.73. The molecule has 0 radical (unpaired) electrons. The van der Waals surface area contributed by atoms with Crippen molar-refractivity contribution in [3.05, 3.63) is 59.7 Å². The molecule has 1 amide bonds. The number of carbonyl (C=O) groups is 1. The number of rotatable bonds is 8. The minimum absolute atomic E-state index is 0.0575. The van der Waals surface area contributed by atoms with Crippen LogP contribution in [0, 0.1) is 0 Å². The lowest BCUT2D eigenvalue weighted by Crippen LogP contribution is -2.48. The zero-order valence-electron chi connectivity index (χ0n) is 16.8. The third-order valence-electron chi connectivity index (χ3n) is 5.24. The van der Waals surface area contributed by atoms with Gasteiger partial charge in [0.05, 0.1) is 20.6 Å². The van der Waals surface area contributed by atoms with Gasteiger partial charge in [0.25, 0.3) is 0 Å². The van der Waals surface area contributed by atoms with Crippen molar-refractivity contribution in [3.63, 3.8) is 0 Å². The summed E-state index contributed by atoms with van der Waals surface area (Å²) >= 11 is 0. The van der Waals surface area contributed by atoms with Crippen molar-refractivity contribution in [1.82, 2.24) is 10.2 Å². The summed E-state index contributed by atoms with van der Waals surface area (Å²) < 4.78 is 10.6. The molecule has 0 bridgehead atoms. The number of piperidine rings is 1. The number of hydrogen-bond donors (Lipinski definition) is 1. The Morgan fingerprint density at radius 1 is 1.07 bits per heavy atom. The molecule has 0 aliphatic carbocycles. The fourth-order valence-corrected chi connectivity index (χ4v) is 3.76. The van der Waals surface area contributed by atoms with Crippen molar-refractivity contribution in [2.24, 2.45) is 0 Å². The highest BCUT2D eigenvalue weighted by atomic mass is 16.5. The maximum Gasteiger partial charge on any atom is 0.224 e. The van der Waals surface area contributed by atoms with E-state index in [1.54, 1.807) is 14.2 Å². The number of nitrogens with one attached hydrogen (secondary N) is 1. The van der Waals surface area contributed by atoms with Crippen LogP contribution >= 0.6 is 0 Å². The van der Waals surface area contributed by atoms with Crippen LogP contribution in [0.15, 0.2) is 48.5 Å². The second kappa shape index (κ2) is 10.1. The van der Waals surface area contributed by atoms with Gasteiger partial charge in [0.1, 0.15) is 0 Å². The van der Waals surface area contributed by atoms with Gasteiger partial charge in [0.15, 0.2) is 11.5 Å². The number of amides is 1. The van der Waals surface area contributed by atoms with Crippen molar-refractivity contribution >= 4 is 5.91 Å². The van der Waals surface area contributed by atoms with Gasteiger partial charge in [-0.25, -0.2) is 0 Å². The lowest BCUT2D eigenvalue weighted by molar-refractivity contribution is -0.121. The number of benzene rings is 2. The zero-order chi connectivity index (χ0) is 19.8. The average molecular weight is 383 g/mol. The summed E-state index contributed by atoms with van der Waals surface area (Å²) in [7, 11) is 3.21. The Kier molecular flexibility index (Phi) is 7.31. The second-order valence-corrected chi connectivity index (χ2v) is 7.31. The van der Waals surface area contributed by atoms with E-state index in [0.29, 0.717) is 17.9 Å². The first-order chi connectivity index (χ1) is 13.7. The van der Waals surface area contributed by atoms with Gasteiger partial charge in [-0.1, -0.05) is 36.4 Å². The average Bonchev–Trinajstić information content (AvgIpc) is 2.73. The number of methoxy groups -OCH3 is 2. The predicted octanol–water partition coefficient (Wildman–Crippen LogP) is 3.07. The maximum absolute atomic E-state index is 12.5. The molecule has 28 heavy (non-hydrogen) atoms. The van der Waals surface area contributed by atoms with Crippen LogP contribution in [0.1, 0.15) is 24.0 Å². The number of carbonyl (C=O) groups excluding carboxylic acids is 1. The van der Waals surface area contributed by atoms with Gasteiger partial charge in [0, 0.05) is 19.1 Å². The van der Waals surface area contributed by atoms with Gasteiger partial charge in [-0.15, -0.1) is 0 Å². The van der Waals surface area contributed by atoms with E-state index in [1.165, 1.54) is 5.56 Å². The maximum atomic E-state index is 12.5. The summed E-state index contributed by atoms with van der Waals surface area (Å²) in [5, 5.41) is 3.21. The zero-order valence-corrected chi connectivity index (χ0v) is 16.8. The first kappa shape index (κ1) is 20.2. The lowest BCUT2D eigenvalue weighted by Gasteiger charge is -2.33. The highest BCUT2D eigenvalue weighted by Crippen LogP contribution is 2.27. The molecule has 0 spiro atoms. The smallest absolute Gasteiger partial charge is 0.224 e. The Bertz CT molecular complexity index is 764. The number of ether oxygens (including phenoxy) is 2. The van der Waals surface area contributed by atoms with Crippen molar-refractivity contribution in [1.29, 1.82) is 0 Å². The van der Waals surface area contributed by atoms with Crippen LogP contribution in [0.3, 0.4) is 0 Å². The molecule has 1 aliphatic heterocycles. The Balaban J connectivity index is 1.48. The van der Waals surface area contributed by atoms with Crippen LogP contribution in [0.25, 0.3) is 0 Å². The molecule has 5 nitrogen and oxygen atoms in total. The lowest BCUT2D eigenvalue weighted by atomic mass is 10.0. The summed E-state index contributed by atoms with van der Waals surface area (Å²) in [6, 6.07) is 16.4. The van der Waals surface area contributed by atoms with E-state index in [2.05, 4.69) is 34.5 Å². The molecule has 1 N–H and O–H groups in total. The highest BCUT2D eigenvalue weighted by molar-refractivity contribution is 5.79. The fourth-order valence-electron chi connectivity index (χ4n) is 3.76. The molecule has 1 heterocycles.